The third-order valence-corrected chi connectivity index (χ3v) is 2.36. The van der Waals surface area contributed by atoms with E-state index in [0.717, 1.165) is 0 Å². The number of rotatable bonds is 0. The SMILES string of the molecule is C[P+]1(Cl)C=C1.[Cl][Al-]([Cl])([Cl])[Cl]. The summed E-state index contributed by atoms with van der Waals surface area (Å²) in [6.45, 7) is 1.15. The zero-order chi connectivity index (χ0) is 8.41. The van der Waals surface area contributed by atoms with Gasteiger partial charge in [-0.3, -0.25) is 0 Å². The predicted octanol–water partition coefficient (Wildman–Crippen LogP) is 4.65. The summed E-state index contributed by atoms with van der Waals surface area (Å²) in [5, 5.41) is 0. The summed E-state index contributed by atoms with van der Waals surface area (Å²) in [6, 6.07) is 0. The molecule has 0 aromatic heterocycles. The topological polar surface area (TPSA) is 0 Å². The average Bonchev–Trinajstić information content (AvgIpc) is 2.11. The second kappa shape index (κ2) is 4.41. The van der Waals surface area contributed by atoms with Crippen molar-refractivity contribution in [3.05, 3.63) is 11.6 Å². The first-order chi connectivity index (χ1) is 4.21. The molecule has 0 spiro atoms. The molecule has 0 N–H and O–H groups in total. The Morgan fingerprint density at radius 1 is 1.10 bits per heavy atom. The van der Waals surface area contributed by atoms with E-state index < -0.39 is 16.0 Å². The molecule has 1 aliphatic rings. The average molecular weight is 276 g/mol. The van der Waals surface area contributed by atoms with Crippen LogP contribution in [0.3, 0.4) is 0 Å². The fourth-order valence-corrected chi connectivity index (χ4v) is 1.28. The van der Waals surface area contributed by atoms with E-state index >= 15 is 0 Å². The Labute approximate surface area is 85.0 Å². The summed E-state index contributed by atoms with van der Waals surface area (Å²) in [7, 11) is 17.0. The van der Waals surface area contributed by atoms with Crippen molar-refractivity contribution in [1.29, 1.82) is 0 Å². The van der Waals surface area contributed by atoms with E-state index in [1.165, 1.54) is 0 Å². The van der Waals surface area contributed by atoms with Crippen LogP contribution in [0, 0.1) is 0 Å². The Balaban J connectivity index is 0.000000162. The third-order valence-electron chi connectivity index (χ3n) is 0.560. The molecule has 1 heterocycles. The zero-order valence-corrected chi connectivity index (χ0v) is 10.9. The highest BCUT2D eigenvalue weighted by Crippen LogP contribution is 2.75. The molecular weight excluding hydrogens is 271 g/mol. The van der Waals surface area contributed by atoms with Crippen molar-refractivity contribution in [3.63, 3.8) is 0 Å². The van der Waals surface area contributed by atoms with E-state index in [0.29, 0.717) is 0 Å². The van der Waals surface area contributed by atoms with Gasteiger partial charge in [0, 0.05) is 0 Å². The van der Waals surface area contributed by atoms with Crippen LogP contribution in [0.2, 0.25) is 0 Å². The standard InChI is InChI=1S/C3H5ClP.Al.4ClH/c1-5(4)2-3-5;;;;;/h2-3H,1H3;;4*1H/q+1;+3;;;;/p-4. The van der Waals surface area contributed by atoms with Gasteiger partial charge in [0.15, 0.2) is 6.62 Å². The molecule has 0 saturated heterocycles. The lowest BCUT2D eigenvalue weighted by molar-refractivity contribution is 2.43. The smallest absolute Gasteiger partial charge is 0.391 e. The van der Waals surface area contributed by atoms with E-state index in [1.54, 1.807) is 0 Å². The van der Waals surface area contributed by atoms with Gasteiger partial charge < -0.3 is 40.2 Å². The van der Waals surface area contributed by atoms with E-state index in [2.05, 4.69) is 18.3 Å². The van der Waals surface area contributed by atoms with Gasteiger partial charge in [0.05, 0.1) is 17.9 Å². The second-order valence-corrected chi connectivity index (χ2v) is 19.5. The molecule has 0 nitrogen and oxygen atoms in total. The molecule has 0 unspecified atom stereocenters. The largest absolute Gasteiger partial charge is 0.564 e. The molecular formula is C3H5AlCl5P. The fraction of sp³-hybridized carbons (Fsp3) is 0.333. The van der Waals surface area contributed by atoms with Crippen LogP contribution in [0.1, 0.15) is 0 Å². The van der Waals surface area contributed by atoms with Gasteiger partial charge in [0.25, 0.3) is 0 Å². The summed E-state index contributed by atoms with van der Waals surface area (Å²) in [6.07, 6.45) is 0. The minimum Gasteiger partial charge on any atom is -0.391 e. The predicted molar refractivity (Wildman–Crippen MR) is 57.0 cm³/mol. The molecule has 0 amide bonds. The van der Waals surface area contributed by atoms with Gasteiger partial charge in [-0.25, -0.2) is 0 Å². The summed E-state index contributed by atoms with van der Waals surface area (Å²) in [5.74, 6) is 4.13. The maximum atomic E-state index is 5.64. The molecule has 7 heteroatoms. The lowest BCUT2D eigenvalue weighted by Crippen LogP contribution is -1.91. The van der Waals surface area contributed by atoms with Crippen LogP contribution in [-0.2, 0) is 0 Å². The van der Waals surface area contributed by atoms with Crippen molar-refractivity contribution in [3.8, 4) is 0 Å². The number of hydrogen-bond acceptors (Lipinski definition) is 0. The van der Waals surface area contributed by atoms with E-state index in [-0.39, 0.29) is 0 Å². The van der Waals surface area contributed by atoms with Crippen molar-refractivity contribution in [1.82, 2.24) is 0 Å². The Bertz CT molecular complexity index is 120. The van der Waals surface area contributed by atoms with Crippen molar-refractivity contribution in [2.45, 2.75) is 0 Å². The quantitative estimate of drug-likeness (QED) is 0.446. The van der Waals surface area contributed by atoms with Crippen LogP contribution < -0.4 is 0 Å². The summed E-state index contributed by atoms with van der Waals surface area (Å²) in [4.78, 5) is 0. The van der Waals surface area contributed by atoms with Crippen LogP contribution in [0.15, 0.2) is 11.6 Å². The highest BCUT2D eigenvalue weighted by atomic mass is 35.9. The third kappa shape index (κ3) is 16.6. The molecule has 0 bridgehead atoms. The lowest BCUT2D eigenvalue weighted by atomic mass is 11.3. The first-order valence-corrected chi connectivity index (χ1v) is 12.6. The minimum absolute atomic E-state index is 0.917. The van der Waals surface area contributed by atoms with Gasteiger partial charge in [0.1, 0.15) is 11.6 Å². The van der Waals surface area contributed by atoms with E-state index in [4.69, 9.17) is 51.4 Å². The van der Waals surface area contributed by atoms with Gasteiger partial charge in [-0.1, -0.05) is 0 Å². The lowest BCUT2D eigenvalue weighted by Gasteiger charge is -1.97. The molecule has 0 aliphatic carbocycles. The molecule has 10 heavy (non-hydrogen) atoms. The molecule has 0 radical (unpaired) electrons. The van der Waals surface area contributed by atoms with Crippen LogP contribution in [-0.4, -0.2) is 16.1 Å². The first kappa shape index (κ1) is 12.2. The van der Waals surface area contributed by atoms with Crippen LogP contribution in [0.4, 0.5) is 0 Å². The van der Waals surface area contributed by atoms with Gasteiger partial charge in [0.2, 0.25) is 0 Å². The molecule has 1 aliphatic heterocycles. The van der Waals surface area contributed by atoms with Crippen molar-refractivity contribution < 1.29 is 0 Å². The maximum absolute atomic E-state index is 5.64. The second-order valence-electron chi connectivity index (χ2n) is 1.82. The Hall–Kier alpha value is 2.15. The van der Waals surface area contributed by atoms with Crippen LogP contribution >= 0.6 is 58.1 Å². The summed E-state index contributed by atoms with van der Waals surface area (Å²) >= 11 is 5.64. The normalized spacial score (nSPS) is 19.4. The molecule has 0 fully saturated rings. The van der Waals surface area contributed by atoms with Crippen molar-refractivity contribution >= 4 is 67.4 Å². The molecule has 0 saturated carbocycles. The van der Waals surface area contributed by atoms with Gasteiger partial charge in [-0.15, -0.1) is 0 Å². The number of halogens is 5. The molecule has 60 valence electrons. The zero-order valence-electron chi connectivity index (χ0n) is 5.07. The first-order valence-electron chi connectivity index (χ1n) is 2.34. The maximum Gasteiger partial charge on any atom is 0.564 e. The molecule has 0 aromatic rings. The number of hydrogen-bond donors (Lipinski definition) is 0. The minimum atomic E-state index is -2.94. The Kier molecular flexibility index (Phi) is 5.35. The van der Waals surface area contributed by atoms with Gasteiger partial charge in [-0.05, 0) is 0 Å². The monoisotopic (exact) mass is 274 g/mol. The Morgan fingerprint density at radius 3 is 1.20 bits per heavy atom. The highest BCUT2D eigenvalue weighted by Gasteiger charge is 2.36. The van der Waals surface area contributed by atoms with E-state index in [9.17, 15) is 0 Å². The molecule has 0 aromatic carbocycles. The molecule has 1 rings (SSSR count). The van der Waals surface area contributed by atoms with Crippen molar-refractivity contribution in [2.24, 2.45) is 0 Å². The van der Waals surface area contributed by atoms with E-state index in [1.807, 2.05) is 0 Å². The van der Waals surface area contributed by atoms with Crippen LogP contribution in [0.5, 0.6) is 0 Å². The summed E-state index contributed by atoms with van der Waals surface area (Å²) in [5.41, 5.74) is 0. The molecule has 0 atom stereocenters. The summed E-state index contributed by atoms with van der Waals surface area (Å²) < 4.78 is 0. The van der Waals surface area contributed by atoms with Crippen molar-refractivity contribution in [2.75, 3.05) is 6.66 Å². The Morgan fingerprint density at radius 2 is 1.20 bits per heavy atom. The highest BCUT2D eigenvalue weighted by molar-refractivity contribution is 8.08. The van der Waals surface area contributed by atoms with Crippen LogP contribution in [0.25, 0.3) is 0 Å². The van der Waals surface area contributed by atoms with Gasteiger partial charge >= 0.3 is 9.39 Å². The van der Waals surface area contributed by atoms with Gasteiger partial charge in [-0.2, -0.15) is 0 Å². The fourth-order valence-electron chi connectivity index (χ4n) is 0.0919.